The Balaban J connectivity index is 2.02. The summed E-state index contributed by atoms with van der Waals surface area (Å²) in [4.78, 5) is 23.9. The van der Waals surface area contributed by atoms with Crippen LogP contribution in [0.4, 0.5) is 0 Å². The number of hydrogen-bond acceptors (Lipinski definition) is 4. The van der Waals surface area contributed by atoms with Crippen molar-refractivity contribution in [1.29, 1.82) is 0 Å². The van der Waals surface area contributed by atoms with Crippen LogP contribution in [0.2, 0.25) is 0 Å². The average molecular weight is 290 g/mol. The van der Waals surface area contributed by atoms with Gasteiger partial charge in [-0.3, -0.25) is 9.59 Å². The van der Waals surface area contributed by atoms with E-state index in [4.69, 9.17) is 4.42 Å². The van der Waals surface area contributed by atoms with Crippen LogP contribution in [0.25, 0.3) is 16.5 Å². The summed E-state index contributed by atoms with van der Waals surface area (Å²) in [6.07, 6.45) is 1.22. The molecule has 1 heterocycles. The van der Waals surface area contributed by atoms with Crippen LogP contribution in [0.15, 0.2) is 59.0 Å². The van der Waals surface area contributed by atoms with Crippen molar-refractivity contribution in [2.24, 2.45) is 0 Å². The highest BCUT2D eigenvalue weighted by atomic mass is 16.4. The molecular formula is C18H10O4. The van der Waals surface area contributed by atoms with Crippen LogP contribution < -0.4 is 0 Å². The predicted molar refractivity (Wildman–Crippen MR) is 80.7 cm³/mol. The van der Waals surface area contributed by atoms with Gasteiger partial charge in [0, 0.05) is 17.2 Å². The molecule has 1 aliphatic carbocycles. The van der Waals surface area contributed by atoms with Crippen LogP contribution in [0.5, 0.6) is 5.75 Å². The van der Waals surface area contributed by atoms with Gasteiger partial charge in [0.15, 0.2) is 11.5 Å². The summed E-state index contributed by atoms with van der Waals surface area (Å²) in [7, 11) is 0. The number of ketones is 2. The molecule has 0 saturated heterocycles. The third-order valence-electron chi connectivity index (χ3n) is 3.77. The van der Waals surface area contributed by atoms with Crippen molar-refractivity contribution >= 4 is 28.1 Å². The van der Waals surface area contributed by atoms with Gasteiger partial charge in [0.25, 0.3) is 0 Å². The van der Waals surface area contributed by atoms with Crippen LogP contribution in [-0.4, -0.2) is 16.7 Å². The molecule has 0 bridgehead atoms. The Morgan fingerprint density at radius 2 is 1.55 bits per heavy atom. The van der Waals surface area contributed by atoms with E-state index < -0.39 is 11.6 Å². The minimum absolute atomic E-state index is 0.0289. The zero-order valence-electron chi connectivity index (χ0n) is 11.4. The second-order valence-electron chi connectivity index (χ2n) is 5.07. The van der Waals surface area contributed by atoms with E-state index in [2.05, 4.69) is 0 Å². The zero-order valence-corrected chi connectivity index (χ0v) is 11.4. The molecule has 2 aromatic carbocycles. The second-order valence-corrected chi connectivity index (χ2v) is 5.07. The molecule has 1 aromatic heterocycles. The molecule has 0 aliphatic heterocycles. The maximum Gasteiger partial charge on any atom is 0.233 e. The lowest BCUT2D eigenvalue weighted by molar-refractivity contribution is -0.111. The highest BCUT2D eigenvalue weighted by Gasteiger charge is 2.29. The highest BCUT2D eigenvalue weighted by Crippen LogP contribution is 2.40. The standard InChI is InChI=1S/C18H10O4/c19-14-9-13(10-5-1-2-6-11(10)16(14)20)18-17(21)12-7-3-4-8-15(12)22-18/h1-9,21H. The maximum absolute atomic E-state index is 12.0. The van der Waals surface area contributed by atoms with E-state index in [0.717, 1.165) is 0 Å². The van der Waals surface area contributed by atoms with E-state index in [9.17, 15) is 14.7 Å². The van der Waals surface area contributed by atoms with Crippen molar-refractivity contribution in [1.82, 2.24) is 0 Å². The first-order chi connectivity index (χ1) is 10.7. The SMILES string of the molecule is O=C1C=C(c2oc3ccccc3c2O)c2ccccc2C1=O. The Morgan fingerprint density at radius 1 is 0.864 bits per heavy atom. The van der Waals surface area contributed by atoms with Crippen molar-refractivity contribution < 1.29 is 19.1 Å². The molecule has 3 aromatic rings. The number of allylic oxidation sites excluding steroid dienone is 1. The summed E-state index contributed by atoms with van der Waals surface area (Å²) in [6, 6.07) is 13.9. The fourth-order valence-corrected chi connectivity index (χ4v) is 2.73. The van der Waals surface area contributed by atoms with Crippen molar-refractivity contribution in [3.8, 4) is 5.75 Å². The first-order valence-electron chi connectivity index (χ1n) is 6.77. The number of carbonyl (C=O) groups is 2. The highest BCUT2D eigenvalue weighted by molar-refractivity contribution is 6.51. The zero-order chi connectivity index (χ0) is 15.3. The Morgan fingerprint density at radius 3 is 2.32 bits per heavy atom. The predicted octanol–water partition coefficient (Wildman–Crippen LogP) is 3.34. The molecule has 22 heavy (non-hydrogen) atoms. The number of benzene rings is 2. The molecule has 1 aliphatic rings. The van der Waals surface area contributed by atoms with Crippen molar-refractivity contribution in [2.45, 2.75) is 0 Å². The number of fused-ring (bicyclic) bond motifs is 2. The van der Waals surface area contributed by atoms with Crippen molar-refractivity contribution in [3.63, 3.8) is 0 Å². The van der Waals surface area contributed by atoms with Gasteiger partial charge in [0.2, 0.25) is 11.6 Å². The number of rotatable bonds is 1. The van der Waals surface area contributed by atoms with E-state index in [-0.39, 0.29) is 11.5 Å². The molecule has 0 unspecified atom stereocenters. The summed E-state index contributed by atoms with van der Waals surface area (Å²) in [5, 5.41) is 11.0. The Hall–Kier alpha value is -3.14. The van der Waals surface area contributed by atoms with Crippen LogP contribution in [0.3, 0.4) is 0 Å². The van der Waals surface area contributed by atoms with Crippen LogP contribution in [0.1, 0.15) is 21.7 Å². The number of furan rings is 1. The van der Waals surface area contributed by atoms with Gasteiger partial charge in [-0.15, -0.1) is 0 Å². The average Bonchev–Trinajstić information content (AvgIpc) is 2.88. The fourth-order valence-electron chi connectivity index (χ4n) is 2.73. The quantitative estimate of drug-likeness (QED) is 0.698. The summed E-state index contributed by atoms with van der Waals surface area (Å²) < 4.78 is 5.70. The molecule has 0 saturated carbocycles. The van der Waals surface area contributed by atoms with Crippen LogP contribution >= 0.6 is 0 Å². The van der Waals surface area contributed by atoms with E-state index in [1.165, 1.54) is 6.08 Å². The Kier molecular flexibility index (Phi) is 2.53. The van der Waals surface area contributed by atoms with Gasteiger partial charge in [-0.25, -0.2) is 0 Å². The normalized spacial score (nSPS) is 14.1. The monoisotopic (exact) mass is 290 g/mol. The number of Topliss-reactive ketones (excluding diaryl/α,β-unsaturated/α-hetero) is 1. The lowest BCUT2D eigenvalue weighted by atomic mass is 9.88. The number of carbonyl (C=O) groups excluding carboxylic acids is 2. The molecule has 0 fully saturated rings. The molecule has 4 heteroatoms. The molecule has 1 N–H and O–H groups in total. The third-order valence-corrected chi connectivity index (χ3v) is 3.77. The Labute approximate surface area is 125 Å². The summed E-state index contributed by atoms with van der Waals surface area (Å²) >= 11 is 0. The van der Waals surface area contributed by atoms with E-state index in [1.807, 2.05) is 0 Å². The van der Waals surface area contributed by atoms with Gasteiger partial charge in [-0.2, -0.15) is 0 Å². The maximum atomic E-state index is 12.0. The summed E-state index contributed by atoms with van der Waals surface area (Å²) in [5.41, 5.74) is 1.86. The van der Waals surface area contributed by atoms with Gasteiger partial charge in [-0.1, -0.05) is 36.4 Å². The van der Waals surface area contributed by atoms with Gasteiger partial charge in [-0.05, 0) is 17.7 Å². The molecule has 106 valence electrons. The number of aromatic hydroxyl groups is 1. The molecular weight excluding hydrogens is 280 g/mol. The van der Waals surface area contributed by atoms with E-state index >= 15 is 0 Å². The lowest BCUT2D eigenvalue weighted by Gasteiger charge is -2.14. The molecule has 0 radical (unpaired) electrons. The van der Waals surface area contributed by atoms with Crippen LogP contribution in [0, 0.1) is 0 Å². The lowest BCUT2D eigenvalue weighted by Crippen LogP contribution is -2.18. The molecule has 4 nitrogen and oxygen atoms in total. The van der Waals surface area contributed by atoms with E-state index in [1.54, 1.807) is 48.5 Å². The van der Waals surface area contributed by atoms with Gasteiger partial charge >= 0.3 is 0 Å². The minimum Gasteiger partial charge on any atom is -0.504 e. The van der Waals surface area contributed by atoms with E-state index in [0.29, 0.717) is 27.7 Å². The number of hydrogen-bond donors (Lipinski definition) is 1. The first kappa shape index (κ1) is 12.6. The fraction of sp³-hybridized carbons (Fsp3) is 0. The smallest absolute Gasteiger partial charge is 0.233 e. The number of para-hydroxylation sites is 1. The third kappa shape index (κ3) is 1.64. The van der Waals surface area contributed by atoms with Gasteiger partial charge in [0.05, 0.1) is 5.39 Å². The molecule has 4 rings (SSSR count). The largest absolute Gasteiger partial charge is 0.504 e. The topological polar surface area (TPSA) is 67.5 Å². The van der Waals surface area contributed by atoms with Crippen molar-refractivity contribution in [3.05, 3.63) is 71.5 Å². The first-order valence-corrected chi connectivity index (χ1v) is 6.77. The molecule has 0 atom stereocenters. The molecule has 0 spiro atoms. The summed E-state index contributed by atoms with van der Waals surface area (Å²) in [5.74, 6) is -0.989. The van der Waals surface area contributed by atoms with Gasteiger partial charge in [0.1, 0.15) is 5.58 Å². The Bertz CT molecular complexity index is 976. The summed E-state index contributed by atoms with van der Waals surface area (Å²) in [6.45, 7) is 0. The second kappa shape index (κ2) is 4.43. The molecule has 0 amide bonds. The minimum atomic E-state index is -0.617. The van der Waals surface area contributed by atoms with Crippen molar-refractivity contribution in [2.75, 3.05) is 0 Å². The van der Waals surface area contributed by atoms with Gasteiger partial charge < -0.3 is 9.52 Å². The van der Waals surface area contributed by atoms with Crippen LogP contribution in [-0.2, 0) is 4.79 Å².